The van der Waals surface area contributed by atoms with Gasteiger partial charge in [0, 0.05) is 17.0 Å². The molecule has 0 radical (unpaired) electrons. The molecule has 0 spiro atoms. The third kappa shape index (κ3) is 2.16. The second-order valence-electron chi connectivity index (χ2n) is 4.94. The first-order valence-corrected chi connectivity index (χ1v) is 6.60. The quantitative estimate of drug-likeness (QED) is 0.755. The molecule has 0 unspecified atom stereocenters. The van der Waals surface area contributed by atoms with Gasteiger partial charge < -0.3 is 10.2 Å². The van der Waals surface area contributed by atoms with Crippen LogP contribution in [0.3, 0.4) is 0 Å². The van der Waals surface area contributed by atoms with Crippen LogP contribution in [0.25, 0.3) is 22.2 Å². The lowest BCUT2D eigenvalue weighted by atomic mass is 9.97. The number of pyridine rings is 1. The number of para-hydroxylation sites is 1. The van der Waals surface area contributed by atoms with Crippen molar-refractivity contribution in [2.24, 2.45) is 0 Å². The van der Waals surface area contributed by atoms with Crippen molar-refractivity contribution in [3.8, 4) is 17.0 Å². The smallest absolute Gasteiger partial charge is 0.336 e. The van der Waals surface area contributed by atoms with Gasteiger partial charge in [0.1, 0.15) is 11.6 Å². The van der Waals surface area contributed by atoms with Gasteiger partial charge in [-0.3, -0.25) is 0 Å². The first kappa shape index (κ1) is 14.0. The maximum absolute atomic E-state index is 13.4. The lowest BCUT2D eigenvalue weighted by Crippen LogP contribution is -2.05. The maximum Gasteiger partial charge on any atom is 0.336 e. The molecule has 0 aliphatic heterocycles. The van der Waals surface area contributed by atoms with Gasteiger partial charge in [0.05, 0.1) is 16.8 Å². The van der Waals surface area contributed by atoms with Crippen molar-refractivity contribution in [3.05, 3.63) is 59.4 Å². The van der Waals surface area contributed by atoms with Gasteiger partial charge in [-0.25, -0.2) is 14.2 Å². The summed E-state index contributed by atoms with van der Waals surface area (Å²) in [4.78, 5) is 16.0. The van der Waals surface area contributed by atoms with Crippen molar-refractivity contribution in [3.63, 3.8) is 0 Å². The Bertz CT molecular complexity index is 906. The topological polar surface area (TPSA) is 70.4 Å². The molecule has 110 valence electrons. The van der Waals surface area contributed by atoms with E-state index in [-0.39, 0.29) is 16.8 Å². The van der Waals surface area contributed by atoms with Crippen LogP contribution in [0, 0.1) is 12.7 Å². The summed E-state index contributed by atoms with van der Waals surface area (Å²) < 4.78 is 13.4. The van der Waals surface area contributed by atoms with E-state index in [4.69, 9.17) is 0 Å². The zero-order chi connectivity index (χ0) is 15.9. The molecule has 1 heterocycles. The number of halogens is 1. The Morgan fingerprint density at radius 3 is 2.59 bits per heavy atom. The molecule has 0 atom stereocenters. The Balaban J connectivity index is 2.44. The molecule has 4 nitrogen and oxygen atoms in total. The fraction of sp³-hybridized carbons (Fsp3) is 0.0588. The third-order valence-corrected chi connectivity index (χ3v) is 3.56. The molecule has 0 aliphatic carbocycles. The molecule has 0 aliphatic rings. The van der Waals surface area contributed by atoms with Gasteiger partial charge in [-0.05, 0) is 36.8 Å². The highest BCUT2D eigenvalue weighted by molar-refractivity contribution is 6.05. The molecular weight excluding hydrogens is 285 g/mol. The average molecular weight is 297 g/mol. The number of benzene rings is 2. The lowest BCUT2D eigenvalue weighted by molar-refractivity contribution is 0.0698. The van der Waals surface area contributed by atoms with Gasteiger partial charge in [-0.1, -0.05) is 12.1 Å². The first-order chi connectivity index (χ1) is 10.5. The van der Waals surface area contributed by atoms with Crippen molar-refractivity contribution < 1.29 is 19.4 Å². The molecule has 0 fully saturated rings. The minimum absolute atomic E-state index is 0.00908. The van der Waals surface area contributed by atoms with Crippen molar-refractivity contribution in [1.82, 2.24) is 4.98 Å². The SMILES string of the molecule is Cc1c(-c2ccccc2O)nc2cc(F)ccc2c1C(=O)O. The molecule has 2 aromatic carbocycles. The van der Waals surface area contributed by atoms with E-state index < -0.39 is 11.8 Å². The number of carbonyl (C=O) groups is 1. The largest absolute Gasteiger partial charge is 0.507 e. The standard InChI is InChI=1S/C17H12FNO3/c1-9-15(17(21)22)11-7-6-10(18)8-13(11)19-16(9)12-4-2-3-5-14(12)20/h2-8,20H,1H3,(H,21,22). The summed E-state index contributed by atoms with van der Waals surface area (Å²) in [6, 6.07) is 10.3. The van der Waals surface area contributed by atoms with Crippen LogP contribution in [0.5, 0.6) is 5.75 Å². The highest BCUT2D eigenvalue weighted by Crippen LogP contribution is 2.34. The Kier molecular flexibility index (Phi) is 3.25. The number of phenolic OH excluding ortho intramolecular Hbond substituents is 1. The summed E-state index contributed by atoms with van der Waals surface area (Å²) in [5.74, 6) is -1.62. The second-order valence-corrected chi connectivity index (χ2v) is 4.94. The number of aromatic carboxylic acids is 1. The van der Waals surface area contributed by atoms with Gasteiger partial charge in [-0.2, -0.15) is 0 Å². The van der Waals surface area contributed by atoms with E-state index in [9.17, 15) is 19.4 Å². The Morgan fingerprint density at radius 2 is 1.91 bits per heavy atom. The van der Waals surface area contributed by atoms with Gasteiger partial charge in [-0.15, -0.1) is 0 Å². The van der Waals surface area contributed by atoms with Gasteiger partial charge in [0.15, 0.2) is 0 Å². The first-order valence-electron chi connectivity index (χ1n) is 6.60. The molecule has 0 bridgehead atoms. The van der Waals surface area contributed by atoms with Crippen LogP contribution >= 0.6 is 0 Å². The molecule has 3 rings (SSSR count). The second kappa shape index (κ2) is 5.11. The van der Waals surface area contributed by atoms with Crippen LogP contribution in [0.15, 0.2) is 42.5 Å². The number of hydrogen-bond donors (Lipinski definition) is 2. The Hall–Kier alpha value is -2.95. The van der Waals surface area contributed by atoms with E-state index in [1.807, 2.05) is 0 Å². The van der Waals surface area contributed by atoms with Crippen molar-refractivity contribution in [2.45, 2.75) is 6.92 Å². The number of carboxylic acid groups (broad SMARTS) is 1. The summed E-state index contributed by atoms with van der Waals surface area (Å²) in [6.45, 7) is 1.63. The van der Waals surface area contributed by atoms with Crippen LogP contribution in [0.1, 0.15) is 15.9 Å². The van der Waals surface area contributed by atoms with E-state index in [0.29, 0.717) is 22.2 Å². The predicted molar refractivity (Wildman–Crippen MR) is 80.5 cm³/mol. The van der Waals surface area contributed by atoms with Gasteiger partial charge >= 0.3 is 5.97 Å². The molecule has 0 amide bonds. The summed E-state index contributed by atoms with van der Waals surface area (Å²) in [6.07, 6.45) is 0. The fourth-order valence-corrected chi connectivity index (χ4v) is 2.55. The summed E-state index contributed by atoms with van der Waals surface area (Å²) in [7, 11) is 0. The van der Waals surface area contributed by atoms with E-state index in [1.165, 1.54) is 24.3 Å². The van der Waals surface area contributed by atoms with Crippen LogP contribution in [-0.2, 0) is 0 Å². The number of nitrogens with zero attached hydrogens (tertiary/aromatic N) is 1. The van der Waals surface area contributed by atoms with Gasteiger partial charge in [0.25, 0.3) is 0 Å². The number of hydrogen-bond acceptors (Lipinski definition) is 3. The molecule has 0 saturated heterocycles. The minimum atomic E-state index is -1.12. The van der Waals surface area contributed by atoms with E-state index in [0.717, 1.165) is 0 Å². The van der Waals surface area contributed by atoms with Crippen LogP contribution in [0.2, 0.25) is 0 Å². The molecule has 5 heteroatoms. The van der Waals surface area contributed by atoms with Crippen LogP contribution in [-0.4, -0.2) is 21.2 Å². The van der Waals surface area contributed by atoms with Crippen LogP contribution in [0.4, 0.5) is 4.39 Å². The highest BCUT2D eigenvalue weighted by atomic mass is 19.1. The number of aromatic nitrogens is 1. The normalized spacial score (nSPS) is 10.8. The summed E-state index contributed by atoms with van der Waals surface area (Å²) in [5.41, 5.74) is 1.46. The monoisotopic (exact) mass is 297 g/mol. The van der Waals surface area contributed by atoms with E-state index in [1.54, 1.807) is 25.1 Å². The summed E-state index contributed by atoms with van der Waals surface area (Å²) >= 11 is 0. The van der Waals surface area contributed by atoms with Crippen LogP contribution < -0.4 is 0 Å². The zero-order valence-electron chi connectivity index (χ0n) is 11.7. The Morgan fingerprint density at radius 1 is 1.18 bits per heavy atom. The predicted octanol–water partition coefficient (Wildman–Crippen LogP) is 3.75. The Labute approximate surface area is 125 Å². The van der Waals surface area contributed by atoms with E-state index in [2.05, 4.69) is 4.98 Å². The van der Waals surface area contributed by atoms with E-state index >= 15 is 0 Å². The lowest BCUT2D eigenvalue weighted by Gasteiger charge is -2.13. The van der Waals surface area contributed by atoms with Crippen molar-refractivity contribution >= 4 is 16.9 Å². The zero-order valence-corrected chi connectivity index (χ0v) is 11.7. The number of aromatic hydroxyl groups is 1. The molecule has 3 aromatic rings. The highest BCUT2D eigenvalue weighted by Gasteiger charge is 2.19. The number of phenols is 1. The third-order valence-electron chi connectivity index (χ3n) is 3.56. The average Bonchev–Trinajstić information content (AvgIpc) is 2.47. The fourth-order valence-electron chi connectivity index (χ4n) is 2.55. The molecule has 2 N–H and O–H groups in total. The number of carboxylic acids is 1. The van der Waals surface area contributed by atoms with Crippen molar-refractivity contribution in [2.75, 3.05) is 0 Å². The number of fused-ring (bicyclic) bond motifs is 1. The molecular formula is C17H12FNO3. The maximum atomic E-state index is 13.4. The van der Waals surface area contributed by atoms with Crippen molar-refractivity contribution in [1.29, 1.82) is 0 Å². The molecule has 22 heavy (non-hydrogen) atoms. The minimum Gasteiger partial charge on any atom is -0.507 e. The molecule has 1 aromatic heterocycles. The number of rotatable bonds is 2. The molecule has 0 saturated carbocycles. The summed E-state index contributed by atoms with van der Waals surface area (Å²) in [5, 5.41) is 19.8. The van der Waals surface area contributed by atoms with Gasteiger partial charge in [0.2, 0.25) is 0 Å².